The summed E-state index contributed by atoms with van der Waals surface area (Å²) in [6.07, 6.45) is 6.54. The van der Waals surface area contributed by atoms with E-state index in [2.05, 4.69) is 11.3 Å². The van der Waals surface area contributed by atoms with Gasteiger partial charge in [-0.2, -0.15) is 0 Å². The van der Waals surface area contributed by atoms with Crippen LogP contribution < -0.4 is 9.30 Å². The van der Waals surface area contributed by atoms with Crippen LogP contribution in [0.4, 0.5) is 0 Å². The molecule has 9 aromatic rings. The van der Waals surface area contributed by atoms with Crippen molar-refractivity contribution in [2.75, 3.05) is 0 Å². The highest BCUT2D eigenvalue weighted by molar-refractivity contribution is 6.09. The Balaban J connectivity index is 1.15. The van der Waals surface area contributed by atoms with Crippen molar-refractivity contribution in [3.8, 4) is 50.9 Å². The molecule has 5 heteroatoms. The molecule has 0 unspecified atom stereocenters. The Bertz CT molecular complexity index is 3190. The quantitative estimate of drug-likeness (QED) is 0.119. The second kappa shape index (κ2) is 13.0. The minimum absolute atomic E-state index is 0.139. The lowest BCUT2D eigenvalue weighted by molar-refractivity contribution is -0.598. The molecule has 0 fully saturated rings. The molecule has 3 aromatic heterocycles. The van der Waals surface area contributed by atoms with E-state index < -0.39 is 66.8 Å². The molecule has 0 saturated carbocycles. The summed E-state index contributed by atoms with van der Waals surface area (Å²) in [5, 5.41) is 1.95. The molecule has 51 heavy (non-hydrogen) atoms. The average molecular weight is 671 g/mol. The predicted octanol–water partition coefficient (Wildman–Crippen LogP) is 10.7. The van der Waals surface area contributed by atoms with Gasteiger partial charge in [-0.25, -0.2) is 4.98 Å². The normalized spacial score (nSPS) is 14.9. The molecule has 0 atom stereocenters. The lowest BCUT2D eigenvalue weighted by Gasteiger charge is -2.16. The molecular formula is C46H34N4O. The molecule has 6 aromatic carbocycles. The maximum absolute atomic E-state index is 8.81. The third kappa shape index (κ3) is 5.65. The third-order valence-corrected chi connectivity index (χ3v) is 8.64. The van der Waals surface area contributed by atoms with Crippen LogP contribution in [0.25, 0.3) is 61.3 Å². The first-order chi connectivity index (χ1) is 30.0. The van der Waals surface area contributed by atoms with Crippen molar-refractivity contribution in [3.63, 3.8) is 0 Å². The number of para-hydroxylation sites is 2. The molecular weight excluding hydrogens is 625 g/mol. The number of imidazole rings is 1. The summed E-state index contributed by atoms with van der Waals surface area (Å²) in [4.78, 5) is 4.62. The fourth-order valence-electron chi connectivity index (χ4n) is 6.35. The summed E-state index contributed by atoms with van der Waals surface area (Å²) < 4.78 is 113. The van der Waals surface area contributed by atoms with Crippen LogP contribution in [0.15, 0.2) is 176 Å². The number of benzene rings is 6. The smallest absolute Gasteiger partial charge is 0.268 e. The topological polar surface area (TPSA) is 35.9 Å². The zero-order chi connectivity index (χ0) is 44.6. The standard InChI is InChI=1S/C46H34N4O/c1-2-33-25-26-47-45(29-33)50-43-22-10-9-19-41(43)42-24-23-38(31-44(42)50)51-37-18-11-17-36(30-37)48-27-28-49(32-48)46-39(34-13-5-3-6-14-34)20-12-21-40(46)35-15-7-4-8-16-35/h3-31H,2H2,1H3/i2D2,3D,4D,5D,6D,7D,8D,13D,14D,15D,16D. The van der Waals surface area contributed by atoms with E-state index in [0.29, 0.717) is 28.6 Å². The van der Waals surface area contributed by atoms with Crippen LogP contribution >= 0.6 is 0 Å². The molecule has 0 radical (unpaired) electrons. The van der Waals surface area contributed by atoms with Crippen LogP contribution in [-0.4, -0.2) is 14.1 Å². The molecule has 0 saturated heterocycles. The lowest BCUT2D eigenvalue weighted by Crippen LogP contribution is -2.30. The zero-order valence-electron chi connectivity index (χ0n) is 39.2. The number of fused-ring (bicyclic) bond motifs is 3. The van der Waals surface area contributed by atoms with Crippen molar-refractivity contribution < 1.29 is 25.8 Å². The number of nitrogens with zero attached hydrogens (tertiary/aromatic N) is 4. The van der Waals surface area contributed by atoms with Gasteiger partial charge in [-0.15, -0.1) is 0 Å². The Kier molecular flexibility index (Phi) is 5.10. The van der Waals surface area contributed by atoms with E-state index in [4.69, 9.17) is 21.2 Å². The second-order valence-corrected chi connectivity index (χ2v) is 11.6. The van der Waals surface area contributed by atoms with E-state index in [-0.39, 0.29) is 27.9 Å². The fourth-order valence-corrected chi connectivity index (χ4v) is 6.35. The summed E-state index contributed by atoms with van der Waals surface area (Å²) in [5.74, 6) is 1.55. The van der Waals surface area contributed by atoms with Gasteiger partial charge in [0.05, 0.1) is 36.1 Å². The van der Waals surface area contributed by atoms with E-state index in [0.717, 1.165) is 21.8 Å². The summed E-state index contributed by atoms with van der Waals surface area (Å²) in [6.45, 7) is 1.51. The van der Waals surface area contributed by atoms with E-state index >= 15 is 0 Å². The van der Waals surface area contributed by atoms with Crippen molar-refractivity contribution in [1.82, 2.24) is 14.1 Å². The molecule has 0 aliphatic carbocycles. The number of aryl methyl sites for hydroxylation is 1. The highest BCUT2D eigenvalue weighted by atomic mass is 16.5. The van der Waals surface area contributed by atoms with E-state index in [1.807, 2.05) is 53.1 Å². The Hall–Kier alpha value is -6.72. The first-order valence-electron chi connectivity index (χ1n) is 22.1. The molecule has 0 bridgehead atoms. The van der Waals surface area contributed by atoms with Crippen LogP contribution in [0.5, 0.6) is 11.5 Å². The molecule has 5 nitrogen and oxygen atoms in total. The highest BCUT2D eigenvalue weighted by Gasteiger charge is 2.17. The van der Waals surface area contributed by atoms with Crippen LogP contribution in [0.3, 0.4) is 0 Å². The highest BCUT2D eigenvalue weighted by Crippen LogP contribution is 2.36. The van der Waals surface area contributed by atoms with Crippen molar-refractivity contribution >= 4 is 21.8 Å². The van der Waals surface area contributed by atoms with E-state index in [1.54, 1.807) is 71.7 Å². The monoisotopic (exact) mass is 670 g/mol. The minimum atomic E-state index is -1.58. The van der Waals surface area contributed by atoms with Gasteiger partial charge in [0, 0.05) is 38.2 Å². The van der Waals surface area contributed by atoms with Crippen LogP contribution in [0.2, 0.25) is 0 Å². The number of hydrogen-bond acceptors (Lipinski definition) is 2. The second-order valence-electron chi connectivity index (χ2n) is 11.6. The third-order valence-electron chi connectivity index (χ3n) is 8.64. The van der Waals surface area contributed by atoms with Crippen molar-refractivity contribution in [2.24, 2.45) is 0 Å². The van der Waals surface area contributed by atoms with Gasteiger partial charge in [-0.05, 0) is 82.7 Å². The Morgan fingerprint density at radius 3 is 2.20 bits per heavy atom. The summed E-state index contributed by atoms with van der Waals surface area (Å²) >= 11 is 0. The van der Waals surface area contributed by atoms with Gasteiger partial charge in [0.2, 0.25) is 0 Å². The molecule has 3 heterocycles. The van der Waals surface area contributed by atoms with Gasteiger partial charge in [0.15, 0.2) is 0 Å². The summed E-state index contributed by atoms with van der Waals surface area (Å²) in [5.41, 5.74) is 2.98. The molecule has 0 spiro atoms. The number of aromatic nitrogens is 4. The fraction of sp³-hybridized carbons (Fsp3) is 0.0435. The number of hydrogen-bond donors (Lipinski definition) is 0. The van der Waals surface area contributed by atoms with Crippen molar-refractivity contribution in [1.29, 1.82) is 0 Å². The maximum Gasteiger partial charge on any atom is 0.268 e. The molecule has 244 valence electrons. The van der Waals surface area contributed by atoms with E-state index in [9.17, 15) is 0 Å². The Morgan fingerprint density at radius 1 is 0.725 bits per heavy atom. The number of ether oxygens (including phenoxy) is 1. The van der Waals surface area contributed by atoms with Crippen molar-refractivity contribution in [2.45, 2.75) is 13.3 Å². The SMILES string of the molecule is [2H]c1c([2H])c([2H])c(-c2cccc(-c3c([2H])c([2H])c([2H])c([2H])c3[2H])c2-[n+]2[c-]n(-c3cccc(Oc4ccc5c6ccccc6n(-c6cc(C([2H])([2H])C)ccn6)c5c4)c3)cc2)c([2H])c1[2H]. The van der Waals surface area contributed by atoms with Crippen molar-refractivity contribution in [3.05, 3.63) is 188 Å². The van der Waals surface area contributed by atoms with Crippen LogP contribution in [0.1, 0.15) is 28.9 Å². The van der Waals surface area contributed by atoms with Gasteiger partial charge in [0.25, 0.3) is 6.33 Å². The molecule has 0 aliphatic rings. The van der Waals surface area contributed by atoms with Gasteiger partial charge in [-0.3, -0.25) is 13.7 Å². The zero-order valence-corrected chi connectivity index (χ0v) is 27.2. The Labute approximate surface area is 313 Å². The van der Waals surface area contributed by atoms with Gasteiger partial charge in [0.1, 0.15) is 17.3 Å². The first-order valence-corrected chi connectivity index (χ1v) is 16.1. The van der Waals surface area contributed by atoms with Crippen LogP contribution in [-0.2, 0) is 6.37 Å². The predicted molar refractivity (Wildman–Crippen MR) is 205 cm³/mol. The summed E-state index contributed by atoms with van der Waals surface area (Å²) in [7, 11) is 0. The average Bonchev–Trinajstić information content (AvgIpc) is 3.90. The molecule has 9 rings (SSSR count). The lowest BCUT2D eigenvalue weighted by atomic mass is 9.96. The maximum atomic E-state index is 8.81. The first kappa shape index (κ1) is 20.1. The van der Waals surface area contributed by atoms with E-state index in [1.165, 1.54) is 11.5 Å². The summed E-state index contributed by atoms with van der Waals surface area (Å²) in [6, 6.07) is 23.7. The largest absolute Gasteiger partial charge is 0.458 e. The molecule has 0 aliphatic heterocycles. The van der Waals surface area contributed by atoms with Gasteiger partial charge < -0.3 is 4.74 Å². The number of pyridine rings is 1. The molecule has 0 amide bonds. The number of rotatable bonds is 8. The van der Waals surface area contributed by atoms with Gasteiger partial charge >= 0.3 is 0 Å². The van der Waals surface area contributed by atoms with Gasteiger partial charge in [-0.1, -0.05) is 110 Å². The molecule has 0 N–H and O–H groups in total. The van der Waals surface area contributed by atoms with Crippen LogP contribution in [0, 0.1) is 6.33 Å². The Morgan fingerprint density at radius 2 is 1.43 bits per heavy atom. The minimum Gasteiger partial charge on any atom is -0.458 e.